The van der Waals surface area contributed by atoms with Gasteiger partial charge in [-0.05, 0) is 54.5 Å². The lowest BCUT2D eigenvalue weighted by molar-refractivity contribution is 0.0698. The zero-order valence-corrected chi connectivity index (χ0v) is 15.2. The van der Waals surface area contributed by atoms with Gasteiger partial charge < -0.3 is 15.7 Å². The second-order valence-corrected chi connectivity index (χ2v) is 6.08. The van der Waals surface area contributed by atoms with Crippen LogP contribution in [-0.4, -0.2) is 31.7 Å². The van der Waals surface area contributed by atoms with Crippen LogP contribution >= 0.6 is 0 Å². The summed E-state index contributed by atoms with van der Waals surface area (Å²) in [5, 5.41) is 38.3. The molecule has 0 amide bonds. The number of H-pyrrole nitrogens is 1. The Morgan fingerprint density at radius 1 is 1.25 bits per heavy atom. The van der Waals surface area contributed by atoms with Gasteiger partial charge in [0.05, 0.1) is 16.9 Å². The summed E-state index contributed by atoms with van der Waals surface area (Å²) in [6.07, 6.45) is 1.40. The van der Waals surface area contributed by atoms with Crippen LogP contribution in [0, 0.1) is 25.2 Å². The molecule has 1 aromatic heterocycles. The first-order chi connectivity index (χ1) is 13.5. The highest BCUT2D eigenvalue weighted by molar-refractivity contribution is 5.99. The molecule has 3 rings (SSSR count). The summed E-state index contributed by atoms with van der Waals surface area (Å²) in [7, 11) is 0. The van der Waals surface area contributed by atoms with E-state index in [0.717, 1.165) is 16.8 Å². The van der Waals surface area contributed by atoms with Gasteiger partial charge in [0.25, 0.3) is 0 Å². The van der Waals surface area contributed by atoms with Crippen LogP contribution < -0.4 is 10.6 Å². The molecule has 0 bridgehead atoms. The molecule has 3 aromatic rings. The standard InChI is InChI=1S/C19H17N7O2/c1-11-6-12(2)8-14(7-11)22-17-15(19(27)28)4-3-5-16(17)21-10-13(9-20)18-23-25-26-24-18/h3-8,10,21-22H,1-2H3,(H,27,28)(H,23,24,25,26). The first kappa shape index (κ1) is 18.6. The summed E-state index contributed by atoms with van der Waals surface area (Å²) >= 11 is 0. The third kappa shape index (κ3) is 4.13. The van der Waals surface area contributed by atoms with Gasteiger partial charge >= 0.3 is 5.97 Å². The summed E-state index contributed by atoms with van der Waals surface area (Å²) in [5.74, 6) is -0.939. The maximum absolute atomic E-state index is 11.7. The van der Waals surface area contributed by atoms with E-state index in [1.165, 1.54) is 12.3 Å². The van der Waals surface area contributed by atoms with Crippen LogP contribution in [0.25, 0.3) is 5.57 Å². The van der Waals surface area contributed by atoms with E-state index >= 15 is 0 Å². The van der Waals surface area contributed by atoms with E-state index in [2.05, 4.69) is 31.3 Å². The quantitative estimate of drug-likeness (QED) is 0.481. The van der Waals surface area contributed by atoms with E-state index in [-0.39, 0.29) is 17.0 Å². The fourth-order valence-corrected chi connectivity index (χ4v) is 2.75. The number of nitriles is 1. The number of aromatic nitrogens is 4. The molecule has 28 heavy (non-hydrogen) atoms. The van der Waals surface area contributed by atoms with Crippen LogP contribution in [0.4, 0.5) is 17.1 Å². The van der Waals surface area contributed by atoms with Gasteiger partial charge in [0.15, 0.2) is 0 Å². The van der Waals surface area contributed by atoms with Crippen molar-refractivity contribution < 1.29 is 9.90 Å². The first-order valence-corrected chi connectivity index (χ1v) is 8.30. The summed E-state index contributed by atoms with van der Waals surface area (Å²) in [6, 6.07) is 12.7. The molecule has 0 spiro atoms. The molecule has 1 heterocycles. The molecule has 0 aliphatic rings. The lowest BCUT2D eigenvalue weighted by Gasteiger charge is -2.16. The molecule has 2 aromatic carbocycles. The topological polar surface area (TPSA) is 140 Å². The second-order valence-electron chi connectivity index (χ2n) is 6.08. The van der Waals surface area contributed by atoms with E-state index in [1.807, 2.05) is 38.1 Å². The number of hydrogen-bond donors (Lipinski definition) is 4. The molecule has 0 unspecified atom stereocenters. The van der Waals surface area contributed by atoms with Crippen LogP contribution in [0.2, 0.25) is 0 Å². The van der Waals surface area contributed by atoms with Crippen LogP contribution in [0.1, 0.15) is 27.3 Å². The normalized spacial score (nSPS) is 11.0. The van der Waals surface area contributed by atoms with E-state index in [9.17, 15) is 15.2 Å². The van der Waals surface area contributed by atoms with Crippen molar-refractivity contribution in [2.75, 3.05) is 10.6 Å². The first-order valence-electron chi connectivity index (χ1n) is 8.30. The van der Waals surface area contributed by atoms with Gasteiger partial charge in [-0.2, -0.15) is 10.5 Å². The number of aromatic amines is 1. The van der Waals surface area contributed by atoms with Crippen LogP contribution in [0.5, 0.6) is 0 Å². The van der Waals surface area contributed by atoms with E-state index < -0.39 is 5.97 Å². The number of carboxylic acids is 1. The number of nitrogens with zero attached hydrogens (tertiary/aromatic N) is 4. The number of hydrogen-bond acceptors (Lipinski definition) is 7. The van der Waals surface area contributed by atoms with Gasteiger partial charge in [-0.3, -0.25) is 0 Å². The molecule has 0 aliphatic carbocycles. The van der Waals surface area contributed by atoms with E-state index in [4.69, 9.17) is 0 Å². The Bertz CT molecular complexity index is 1060. The number of allylic oxidation sites excluding steroid dienone is 1. The zero-order valence-electron chi connectivity index (χ0n) is 15.2. The minimum Gasteiger partial charge on any atom is -0.478 e. The Labute approximate surface area is 160 Å². The van der Waals surface area contributed by atoms with Crippen molar-refractivity contribution >= 4 is 28.6 Å². The number of anilines is 3. The fourth-order valence-electron chi connectivity index (χ4n) is 2.75. The lowest BCUT2D eigenvalue weighted by atomic mass is 10.1. The Morgan fingerprint density at radius 3 is 2.61 bits per heavy atom. The van der Waals surface area contributed by atoms with Crippen molar-refractivity contribution in [3.8, 4) is 6.07 Å². The van der Waals surface area contributed by atoms with Crippen LogP contribution in [0.3, 0.4) is 0 Å². The molecule has 0 saturated heterocycles. The van der Waals surface area contributed by atoms with Gasteiger partial charge in [0.2, 0.25) is 5.82 Å². The second kappa shape index (κ2) is 8.01. The largest absolute Gasteiger partial charge is 0.478 e. The predicted octanol–water partition coefficient (Wildman–Crippen LogP) is 3.23. The molecular formula is C19H17N7O2. The van der Waals surface area contributed by atoms with Gasteiger partial charge in [0.1, 0.15) is 11.6 Å². The number of rotatable bonds is 6. The zero-order chi connectivity index (χ0) is 20.1. The van der Waals surface area contributed by atoms with Crippen molar-refractivity contribution in [3.63, 3.8) is 0 Å². The number of para-hydroxylation sites is 1. The number of benzene rings is 2. The number of aromatic carboxylic acids is 1. The molecule has 9 heteroatoms. The van der Waals surface area contributed by atoms with Crippen molar-refractivity contribution in [2.24, 2.45) is 0 Å². The number of nitrogens with one attached hydrogen (secondary N) is 3. The van der Waals surface area contributed by atoms with Crippen molar-refractivity contribution in [3.05, 3.63) is 65.1 Å². The monoisotopic (exact) mass is 375 g/mol. The smallest absolute Gasteiger partial charge is 0.337 e. The highest BCUT2D eigenvalue weighted by Crippen LogP contribution is 2.31. The van der Waals surface area contributed by atoms with Crippen molar-refractivity contribution in [1.82, 2.24) is 20.6 Å². The van der Waals surface area contributed by atoms with Crippen molar-refractivity contribution in [2.45, 2.75) is 13.8 Å². The summed E-state index contributed by atoms with van der Waals surface area (Å²) in [4.78, 5) is 11.7. The van der Waals surface area contributed by atoms with Crippen LogP contribution in [0.15, 0.2) is 42.6 Å². The van der Waals surface area contributed by atoms with E-state index in [1.54, 1.807) is 12.1 Å². The predicted molar refractivity (Wildman–Crippen MR) is 104 cm³/mol. The molecular weight excluding hydrogens is 358 g/mol. The number of tetrazole rings is 1. The highest BCUT2D eigenvalue weighted by Gasteiger charge is 2.15. The molecule has 0 saturated carbocycles. The Balaban J connectivity index is 2.00. The molecule has 140 valence electrons. The number of aryl methyl sites for hydroxylation is 2. The summed E-state index contributed by atoms with van der Waals surface area (Å²) in [6.45, 7) is 3.93. The average Bonchev–Trinajstić information content (AvgIpc) is 3.16. The molecule has 0 atom stereocenters. The minimum atomic E-state index is -1.07. The van der Waals surface area contributed by atoms with Crippen LogP contribution in [-0.2, 0) is 0 Å². The molecule has 4 N–H and O–H groups in total. The average molecular weight is 375 g/mol. The lowest BCUT2D eigenvalue weighted by Crippen LogP contribution is -2.06. The maximum Gasteiger partial charge on any atom is 0.337 e. The molecule has 0 fully saturated rings. The summed E-state index contributed by atoms with van der Waals surface area (Å²) in [5.41, 5.74) is 3.96. The molecule has 0 radical (unpaired) electrons. The number of carboxylic acid groups (broad SMARTS) is 1. The van der Waals surface area contributed by atoms with Gasteiger partial charge in [-0.25, -0.2) is 4.79 Å². The highest BCUT2D eigenvalue weighted by atomic mass is 16.4. The third-order valence-electron chi connectivity index (χ3n) is 3.86. The summed E-state index contributed by atoms with van der Waals surface area (Å²) < 4.78 is 0. The van der Waals surface area contributed by atoms with Gasteiger partial charge in [-0.15, -0.1) is 10.2 Å². The fraction of sp³-hybridized carbons (Fsp3) is 0.105. The number of carbonyl (C=O) groups is 1. The SMILES string of the molecule is Cc1cc(C)cc(Nc2c(NC=C(C#N)c3nn[nH]n3)cccc2C(=O)O)c1. The van der Waals surface area contributed by atoms with Gasteiger partial charge in [0, 0.05) is 11.9 Å². The third-order valence-corrected chi connectivity index (χ3v) is 3.86. The van der Waals surface area contributed by atoms with Gasteiger partial charge in [-0.1, -0.05) is 12.1 Å². The van der Waals surface area contributed by atoms with Crippen molar-refractivity contribution in [1.29, 1.82) is 5.26 Å². The molecule has 0 aliphatic heterocycles. The Kier molecular flexibility index (Phi) is 5.32. The maximum atomic E-state index is 11.7. The molecule has 9 nitrogen and oxygen atoms in total. The van der Waals surface area contributed by atoms with E-state index in [0.29, 0.717) is 11.4 Å². The Morgan fingerprint density at radius 2 is 2.00 bits per heavy atom. The Hall–Kier alpha value is -4.19. The minimum absolute atomic E-state index is 0.0932.